The van der Waals surface area contributed by atoms with Gasteiger partial charge >= 0.3 is 0 Å². The third-order valence-corrected chi connectivity index (χ3v) is 3.95. The number of nitrogens with zero attached hydrogens (tertiary/aromatic N) is 1. The van der Waals surface area contributed by atoms with E-state index in [9.17, 15) is 0 Å². The summed E-state index contributed by atoms with van der Waals surface area (Å²) < 4.78 is 0. The quantitative estimate of drug-likeness (QED) is 0.474. The van der Waals surface area contributed by atoms with Crippen molar-refractivity contribution in [2.24, 2.45) is 10.7 Å². The second kappa shape index (κ2) is 11.0. The standard InChI is InChI=1S/C24H27N3/c1-4-5-22-14-19(2)15-23(16-22)9-8-21-7-6-20(3)24(17-21)18-27-13-12-26-11-10-25/h6-7,14-18,26H,10-13,25H2,1-3H3/b27-18+. The van der Waals surface area contributed by atoms with Crippen molar-refractivity contribution in [2.75, 3.05) is 26.2 Å². The van der Waals surface area contributed by atoms with Crippen molar-refractivity contribution < 1.29 is 0 Å². The number of benzene rings is 2. The van der Waals surface area contributed by atoms with E-state index in [1.165, 1.54) is 11.1 Å². The Morgan fingerprint density at radius 3 is 2.44 bits per heavy atom. The minimum Gasteiger partial charge on any atom is -0.329 e. The van der Waals surface area contributed by atoms with E-state index in [-0.39, 0.29) is 0 Å². The molecule has 0 aliphatic carbocycles. The highest BCUT2D eigenvalue weighted by Gasteiger charge is 1.98. The van der Waals surface area contributed by atoms with E-state index in [4.69, 9.17) is 5.73 Å². The molecule has 0 heterocycles. The van der Waals surface area contributed by atoms with Gasteiger partial charge in [-0.25, -0.2) is 0 Å². The Morgan fingerprint density at radius 2 is 1.70 bits per heavy atom. The van der Waals surface area contributed by atoms with E-state index in [1.807, 2.05) is 25.3 Å². The van der Waals surface area contributed by atoms with Gasteiger partial charge in [0.2, 0.25) is 0 Å². The number of rotatable bonds is 6. The van der Waals surface area contributed by atoms with Crippen molar-refractivity contribution in [3.63, 3.8) is 0 Å². The van der Waals surface area contributed by atoms with Crippen LogP contribution in [-0.4, -0.2) is 32.4 Å². The van der Waals surface area contributed by atoms with E-state index >= 15 is 0 Å². The zero-order valence-electron chi connectivity index (χ0n) is 16.4. The van der Waals surface area contributed by atoms with Crippen LogP contribution in [-0.2, 0) is 0 Å². The van der Waals surface area contributed by atoms with Gasteiger partial charge < -0.3 is 11.1 Å². The van der Waals surface area contributed by atoms with E-state index < -0.39 is 0 Å². The summed E-state index contributed by atoms with van der Waals surface area (Å²) in [6, 6.07) is 12.4. The minimum absolute atomic E-state index is 0.650. The van der Waals surface area contributed by atoms with Gasteiger partial charge in [-0.2, -0.15) is 0 Å². The lowest BCUT2D eigenvalue weighted by molar-refractivity contribution is 0.697. The second-order valence-corrected chi connectivity index (χ2v) is 6.36. The normalized spacial score (nSPS) is 10.2. The van der Waals surface area contributed by atoms with Crippen LogP contribution >= 0.6 is 0 Å². The maximum atomic E-state index is 5.45. The molecule has 3 N–H and O–H groups in total. The van der Waals surface area contributed by atoms with Crippen molar-refractivity contribution in [1.82, 2.24) is 5.32 Å². The lowest BCUT2D eigenvalue weighted by Crippen LogP contribution is -2.24. The summed E-state index contributed by atoms with van der Waals surface area (Å²) in [5.74, 6) is 12.5. The summed E-state index contributed by atoms with van der Waals surface area (Å²) in [5, 5.41) is 3.23. The Balaban J connectivity index is 2.13. The van der Waals surface area contributed by atoms with Gasteiger partial charge in [0.25, 0.3) is 0 Å². The molecule has 2 rings (SSSR count). The molecular weight excluding hydrogens is 330 g/mol. The summed E-state index contributed by atoms with van der Waals surface area (Å²) in [6.45, 7) is 9.04. The first kappa shape index (κ1) is 20.5. The number of nitrogens with one attached hydrogen (secondary N) is 1. The fourth-order valence-electron chi connectivity index (χ4n) is 2.61. The van der Waals surface area contributed by atoms with E-state index in [1.54, 1.807) is 0 Å². The van der Waals surface area contributed by atoms with Crippen LogP contribution in [0.25, 0.3) is 0 Å². The fraction of sp³-hybridized carbons (Fsp3) is 0.292. The number of aryl methyl sites for hydroxylation is 2. The SMILES string of the molecule is CC#Cc1cc(C)cc(C#Cc2ccc(C)c(/C=N/CCNCCN)c2)c1. The first-order chi connectivity index (χ1) is 13.1. The van der Waals surface area contributed by atoms with Gasteiger partial charge in [-0.15, -0.1) is 5.92 Å². The van der Waals surface area contributed by atoms with Gasteiger partial charge in [0.1, 0.15) is 0 Å². The Labute approximate surface area is 163 Å². The highest BCUT2D eigenvalue weighted by atomic mass is 14.9. The van der Waals surface area contributed by atoms with E-state index in [2.05, 4.69) is 72.1 Å². The summed E-state index contributed by atoms with van der Waals surface area (Å²) in [4.78, 5) is 4.49. The summed E-state index contributed by atoms with van der Waals surface area (Å²) in [7, 11) is 0. The molecule has 0 aromatic heterocycles. The first-order valence-corrected chi connectivity index (χ1v) is 9.20. The summed E-state index contributed by atoms with van der Waals surface area (Å²) in [5.41, 5.74) is 11.9. The molecule has 0 aliphatic heterocycles. The van der Waals surface area contributed by atoms with Crippen LogP contribution in [0.2, 0.25) is 0 Å². The topological polar surface area (TPSA) is 50.4 Å². The Kier molecular flexibility index (Phi) is 8.33. The smallest absolute Gasteiger partial charge is 0.0514 e. The zero-order chi connectivity index (χ0) is 19.5. The molecule has 27 heavy (non-hydrogen) atoms. The van der Waals surface area contributed by atoms with Gasteiger partial charge in [-0.05, 0) is 67.8 Å². The second-order valence-electron chi connectivity index (χ2n) is 6.36. The van der Waals surface area contributed by atoms with E-state index in [0.717, 1.165) is 41.9 Å². The Morgan fingerprint density at radius 1 is 0.963 bits per heavy atom. The third-order valence-electron chi connectivity index (χ3n) is 3.95. The lowest BCUT2D eigenvalue weighted by atomic mass is 10.0. The lowest BCUT2D eigenvalue weighted by Gasteiger charge is -2.02. The van der Waals surface area contributed by atoms with Crippen molar-refractivity contribution >= 4 is 6.21 Å². The van der Waals surface area contributed by atoms with Gasteiger partial charge in [-0.3, -0.25) is 4.99 Å². The predicted octanol–water partition coefficient (Wildman–Crippen LogP) is 3.04. The maximum Gasteiger partial charge on any atom is 0.0514 e. The van der Waals surface area contributed by atoms with Gasteiger partial charge in [0.05, 0.1) is 6.54 Å². The molecule has 0 radical (unpaired) electrons. The third kappa shape index (κ3) is 7.12. The molecule has 0 saturated heterocycles. The molecule has 3 heteroatoms. The number of hydrogen-bond donors (Lipinski definition) is 2. The largest absolute Gasteiger partial charge is 0.329 e. The maximum absolute atomic E-state index is 5.45. The van der Waals surface area contributed by atoms with Gasteiger partial charge in [-0.1, -0.05) is 23.8 Å². The highest BCUT2D eigenvalue weighted by molar-refractivity contribution is 5.82. The van der Waals surface area contributed by atoms with Gasteiger partial charge in [0, 0.05) is 42.5 Å². The van der Waals surface area contributed by atoms with Gasteiger partial charge in [0.15, 0.2) is 0 Å². The molecule has 0 spiro atoms. The van der Waals surface area contributed by atoms with Crippen molar-refractivity contribution in [1.29, 1.82) is 0 Å². The Hall–Kier alpha value is -2.85. The monoisotopic (exact) mass is 357 g/mol. The number of aliphatic imine (C=N–C) groups is 1. The molecule has 0 aliphatic rings. The van der Waals surface area contributed by atoms with Crippen molar-refractivity contribution in [3.8, 4) is 23.7 Å². The molecule has 0 unspecified atom stereocenters. The minimum atomic E-state index is 0.650. The predicted molar refractivity (Wildman–Crippen MR) is 115 cm³/mol. The average Bonchev–Trinajstić information content (AvgIpc) is 2.64. The molecule has 0 saturated carbocycles. The molecular formula is C24H27N3. The van der Waals surface area contributed by atoms with Crippen molar-refractivity contribution in [3.05, 3.63) is 69.8 Å². The van der Waals surface area contributed by atoms with Crippen LogP contribution in [0.3, 0.4) is 0 Å². The molecule has 3 nitrogen and oxygen atoms in total. The van der Waals surface area contributed by atoms with Crippen LogP contribution in [0.1, 0.15) is 40.3 Å². The molecule has 2 aromatic rings. The molecule has 0 atom stereocenters. The van der Waals surface area contributed by atoms with Crippen LogP contribution in [0.5, 0.6) is 0 Å². The molecule has 2 aromatic carbocycles. The molecule has 0 amide bonds. The van der Waals surface area contributed by atoms with Crippen LogP contribution < -0.4 is 11.1 Å². The number of hydrogen-bond acceptors (Lipinski definition) is 3. The highest BCUT2D eigenvalue weighted by Crippen LogP contribution is 2.11. The summed E-state index contributed by atoms with van der Waals surface area (Å²) in [6.07, 6.45) is 1.92. The first-order valence-electron chi connectivity index (χ1n) is 9.20. The molecule has 0 bridgehead atoms. The average molecular weight is 358 g/mol. The van der Waals surface area contributed by atoms with Crippen LogP contribution in [0, 0.1) is 37.5 Å². The molecule has 138 valence electrons. The van der Waals surface area contributed by atoms with Crippen LogP contribution in [0.4, 0.5) is 0 Å². The summed E-state index contributed by atoms with van der Waals surface area (Å²) >= 11 is 0. The van der Waals surface area contributed by atoms with Crippen LogP contribution in [0.15, 0.2) is 41.4 Å². The molecule has 0 fully saturated rings. The fourth-order valence-corrected chi connectivity index (χ4v) is 2.61. The zero-order valence-corrected chi connectivity index (χ0v) is 16.4. The van der Waals surface area contributed by atoms with E-state index in [0.29, 0.717) is 6.54 Å². The van der Waals surface area contributed by atoms with Crippen molar-refractivity contribution in [2.45, 2.75) is 20.8 Å². The number of nitrogens with two attached hydrogens (primary N) is 1. The Bertz CT molecular complexity index is 918.